The zero-order valence-corrected chi connectivity index (χ0v) is 5.85. The van der Waals surface area contributed by atoms with Crippen molar-refractivity contribution in [3.05, 3.63) is 0 Å². The van der Waals surface area contributed by atoms with Crippen LogP contribution in [0.15, 0.2) is 0 Å². The summed E-state index contributed by atoms with van der Waals surface area (Å²) in [6.07, 6.45) is 1.24. The van der Waals surface area contributed by atoms with Crippen molar-refractivity contribution >= 4 is 0 Å². The zero-order chi connectivity index (χ0) is 6.48. The third-order valence-electron chi connectivity index (χ3n) is 3.21. The van der Waals surface area contributed by atoms with Crippen molar-refractivity contribution in [1.82, 2.24) is 5.32 Å². The number of hydrogen-bond acceptors (Lipinski definition) is 2. The lowest BCUT2D eigenvalue weighted by Crippen LogP contribution is -2.55. The largest absolute Gasteiger partial charge is 0.327 e. The van der Waals surface area contributed by atoms with Gasteiger partial charge in [-0.1, -0.05) is 6.92 Å². The summed E-state index contributed by atoms with van der Waals surface area (Å²) in [7, 11) is 0. The maximum Gasteiger partial charge on any atom is 0.0112 e. The second kappa shape index (κ2) is 1.50. The molecule has 2 nitrogen and oxygen atoms in total. The molecule has 1 saturated heterocycles. The molecule has 0 amide bonds. The van der Waals surface area contributed by atoms with Crippen LogP contribution in [0.4, 0.5) is 0 Å². The van der Waals surface area contributed by atoms with Gasteiger partial charge >= 0.3 is 0 Å². The van der Waals surface area contributed by atoms with Gasteiger partial charge in [0.1, 0.15) is 0 Å². The molecule has 0 bridgehead atoms. The molecule has 1 heterocycles. The van der Waals surface area contributed by atoms with Crippen LogP contribution in [0.25, 0.3) is 0 Å². The Kier molecular flexibility index (Phi) is 0.945. The molecule has 1 aliphatic heterocycles. The van der Waals surface area contributed by atoms with Gasteiger partial charge in [-0.3, -0.25) is 0 Å². The van der Waals surface area contributed by atoms with E-state index in [4.69, 9.17) is 5.73 Å². The number of hydrogen-bond donors (Lipinski definition) is 2. The SMILES string of the molecule is CC12CNCC1CC2N. The molecule has 0 spiro atoms. The van der Waals surface area contributed by atoms with Crippen molar-refractivity contribution in [3.63, 3.8) is 0 Å². The molecule has 52 valence electrons. The minimum Gasteiger partial charge on any atom is -0.327 e. The summed E-state index contributed by atoms with van der Waals surface area (Å²) in [5.74, 6) is 0.882. The van der Waals surface area contributed by atoms with E-state index in [9.17, 15) is 0 Å². The van der Waals surface area contributed by atoms with E-state index < -0.39 is 0 Å². The van der Waals surface area contributed by atoms with Crippen LogP contribution >= 0.6 is 0 Å². The van der Waals surface area contributed by atoms with Crippen LogP contribution < -0.4 is 11.1 Å². The van der Waals surface area contributed by atoms with E-state index >= 15 is 0 Å². The van der Waals surface area contributed by atoms with Gasteiger partial charge in [-0.05, 0) is 24.3 Å². The minimum atomic E-state index is 0.458. The summed E-state index contributed by atoms with van der Waals surface area (Å²) < 4.78 is 0. The summed E-state index contributed by atoms with van der Waals surface area (Å²) in [6.45, 7) is 4.63. The van der Waals surface area contributed by atoms with Gasteiger partial charge in [-0.15, -0.1) is 0 Å². The molecule has 0 aromatic heterocycles. The van der Waals surface area contributed by atoms with E-state index in [1.165, 1.54) is 13.0 Å². The lowest BCUT2D eigenvalue weighted by molar-refractivity contribution is 0.0718. The van der Waals surface area contributed by atoms with Crippen molar-refractivity contribution in [2.24, 2.45) is 17.1 Å². The van der Waals surface area contributed by atoms with E-state index in [0.717, 1.165) is 12.5 Å². The maximum absolute atomic E-state index is 5.86. The minimum absolute atomic E-state index is 0.458. The van der Waals surface area contributed by atoms with Crippen molar-refractivity contribution in [1.29, 1.82) is 0 Å². The van der Waals surface area contributed by atoms with Gasteiger partial charge in [0.15, 0.2) is 0 Å². The Morgan fingerprint density at radius 3 is 2.89 bits per heavy atom. The molecule has 0 radical (unpaired) electrons. The fourth-order valence-electron chi connectivity index (χ4n) is 2.09. The average molecular weight is 126 g/mol. The van der Waals surface area contributed by atoms with Crippen LogP contribution in [0.1, 0.15) is 13.3 Å². The fourth-order valence-corrected chi connectivity index (χ4v) is 2.09. The van der Waals surface area contributed by atoms with Gasteiger partial charge in [0, 0.05) is 12.6 Å². The molecule has 2 aliphatic rings. The normalized spacial score (nSPS) is 56.7. The van der Waals surface area contributed by atoms with E-state index in [1.54, 1.807) is 0 Å². The molecular formula is C7H14N2. The average Bonchev–Trinajstić information content (AvgIpc) is 2.11. The predicted molar refractivity (Wildman–Crippen MR) is 37.1 cm³/mol. The Labute approximate surface area is 55.8 Å². The standard InChI is InChI=1S/C7H14N2/c1-7-4-9-3-5(7)2-6(7)8/h5-6,9H,2-4,8H2,1H3. The number of rotatable bonds is 0. The van der Waals surface area contributed by atoms with Crippen LogP contribution in [-0.4, -0.2) is 19.1 Å². The first kappa shape index (κ1) is 5.69. The summed E-state index contributed by atoms with van der Waals surface area (Å²) in [5.41, 5.74) is 6.32. The van der Waals surface area contributed by atoms with Crippen LogP contribution in [0, 0.1) is 11.3 Å². The molecule has 3 unspecified atom stereocenters. The van der Waals surface area contributed by atoms with Crippen LogP contribution in [0.2, 0.25) is 0 Å². The summed E-state index contributed by atoms with van der Waals surface area (Å²) >= 11 is 0. The van der Waals surface area contributed by atoms with Crippen LogP contribution in [-0.2, 0) is 0 Å². The second-order valence-electron chi connectivity index (χ2n) is 3.68. The van der Waals surface area contributed by atoms with Gasteiger partial charge in [0.2, 0.25) is 0 Å². The highest BCUT2D eigenvalue weighted by Crippen LogP contribution is 2.47. The van der Waals surface area contributed by atoms with E-state index in [2.05, 4.69) is 12.2 Å². The number of fused-ring (bicyclic) bond motifs is 1. The van der Waals surface area contributed by atoms with E-state index in [1.807, 2.05) is 0 Å². The number of nitrogens with two attached hydrogens (primary N) is 1. The summed E-state index contributed by atoms with van der Waals surface area (Å²) in [5, 5.41) is 3.38. The topological polar surface area (TPSA) is 38.0 Å². The fraction of sp³-hybridized carbons (Fsp3) is 1.00. The van der Waals surface area contributed by atoms with Gasteiger partial charge in [0.25, 0.3) is 0 Å². The van der Waals surface area contributed by atoms with Gasteiger partial charge in [-0.25, -0.2) is 0 Å². The Bertz CT molecular complexity index is 135. The first-order valence-corrected chi connectivity index (χ1v) is 3.70. The predicted octanol–water partition coefficient (Wildman–Crippen LogP) is -0.0569. The first-order valence-electron chi connectivity index (χ1n) is 3.70. The molecule has 0 aromatic carbocycles. The van der Waals surface area contributed by atoms with Gasteiger partial charge < -0.3 is 11.1 Å². The third kappa shape index (κ3) is 0.528. The molecule has 2 rings (SSSR count). The van der Waals surface area contributed by atoms with E-state index in [-0.39, 0.29) is 0 Å². The highest BCUT2D eigenvalue weighted by Gasteiger charge is 2.52. The number of nitrogens with one attached hydrogen (secondary N) is 1. The molecule has 9 heavy (non-hydrogen) atoms. The molecular weight excluding hydrogens is 112 g/mol. The maximum atomic E-state index is 5.86. The quantitative estimate of drug-likeness (QED) is 0.477. The Hall–Kier alpha value is -0.0800. The molecule has 3 N–H and O–H groups in total. The van der Waals surface area contributed by atoms with Gasteiger partial charge in [0.05, 0.1) is 0 Å². The van der Waals surface area contributed by atoms with Crippen LogP contribution in [0.5, 0.6) is 0 Å². The molecule has 1 aliphatic carbocycles. The van der Waals surface area contributed by atoms with Crippen molar-refractivity contribution < 1.29 is 0 Å². The lowest BCUT2D eigenvalue weighted by atomic mass is 9.60. The molecule has 2 heteroatoms. The Morgan fingerprint density at radius 1 is 1.67 bits per heavy atom. The summed E-state index contributed by atoms with van der Waals surface area (Å²) in [6, 6.07) is 0.470. The van der Waals surface area contributed by atoms with Crippen LogP contribution in [0.3, 0.4) is 0 Å². The first-order chi connectivity index (χ1) is 4.23. The molecule has 2 fully saturated rings. The Morgan fingerprint density at radius 2 is 2.44 bits per heavy atom. The second-order valence-corrected chi connectivity index (χ2v) is 3.68. The lowest BCUT2D eigenvalue weighted by Gasteiger charge is -2.47. The van der Waals surface area contributed by atoms with Gasteiger partial charge in [-0.2, -0.15) is 0 Å². The van der Waals surface area contributed by atoms with E-state index in [0.29, 0.717) is 11.5 Å². The van der Waals surface area contributed by atoms with Crippen molar-refractivity contribution in [2.45, 2.75) is 19.4 Å². The molecule has 0 aromatic rings. The highest BCUT2D eigenvalue weighted by molar-refractivity contribution is 5.07. The molecule has 3 atom stereocenters. The van der Waals surface area contributed by atoms with Crippen molar-refractivity contribution in [3.8, 4) is 0 Å². The molecule has 1 saturated carbocycles. The zero-order valence-electron chi connectivity index (χ0n) is 5.85. The Balaban J connectivity index is 2.16. The monoisotopic (exact) mass is 126 g/mol. The summed E-state index contributed by atoms with van der Waals surface area (Å²) in [4.78, 5) is 0. The highest BCUT2D eigenvalue weighted by atomic mass is 15.0. The smallest absolute Gasteiger partial charge is 0.0112 e. The third-order valence-corrected chi connectivity index (χ3v) is 3.21. The van der Waals surface area contributed by atoms with Crippen molar-refractivity contribution in [2.75, 3.05) is 13.1 Å².